The summed E-state index contributed by atoms with van der Waals surface area (Å²) >= 11 is 6.12. The number of amides is 4. The Morgan fingerprint density at radius 3 is 2.49 bits per heavy atom. The lowest BCUT2D eigenvalue weighted by molar-refractivity contribution is -0.136. The van der Waals surface area contributed by atoms with Crippen LogP contribution >= 0.6 is 11.6 Å². The molecular weight excluding hydrogens is 679 g/mol. The number of ether oxygens (including phenoxy) is 1. The molecule has 1 aliphatic carbocycles. The van der Waals surface area contributed by atoms with Crippen molar-refractivity contribution in [2.45, 2.75) is 69.8 Å². The number of nitrogens with one attached hydrogen (secondary N) is 2. The van der Waals surface area contributed by atoms with E-state index >= 15 is 4.39 Å². The third-order valence-corrected chi connectivity index (χ3v) is 10.3. The molecule has 0 radical (unpaired) electrons. The van der Waals surface area contributed by atoms with Gasteiger partial charge in [0.2, 0.25) is 11.8 Å². The molecule has 3 fully saturated rings. The predicted octanol–water partition coefficient (Wildman–Crippen LogP) is 3.34. The predicted molar refractivity (Wildman–Crippen MR) is 182 cm³/mol. The zero-order valence-corrected chi connectivity index (χ0v) is 28.5. The number of fused-ring (bicyclic) bond motifs is 1. The van der Waals surface area contributed by atoms with Crippen molar-refractivity contribution < 1.29 is 28.3 Å². The molecule has 3 aromatic rings. The fraction of sp³-hybridized carbons (Fsp3) is 0.417. The molecule has 4 heterocycles. The summed E-state index contributed by atoms with van der Waals surface area (Å²) in [6.45, 7) is 3.32. The molecule has 2 N–H and O–H groups in total. The van der Waals surface area contributed by atoms with E-state index in [1.807, 2.05) is 12.1 Å². The highest BCUT2D eigenvalue weighted by Gasteiger charge is 2.40. The van der Waals surface area contributed by atoms with Crippen LogP contribution in [0.25, 0.3) is 0 Å². The summed E-state index contributed by atoms with van der Waals surface area (Å²) in [6, 6.07) is 13.0. The van der Waals surface area contributed by atoms with E-state index in [0.717, 1.165) is 31.2 Å². The molecule has 15 heteroatoms. The number of halogens is 2. The number of nitriles is 1. The van der Waals surface area contributed by atoms with Crippen LogP contribution in [-0.4, -0.2) is 88.0 Å². The maximum atomic E-state index is 15.2. The number of benzene rings is 2. The van der Waals surface area contributed by atoms with Gasteiger partial charge in [0.15, 0.2) is 11.5 Å². The topological polar surface area (TPSA) is 161 Å². The highest BCUT2D eigenvalue weighted by atomic mass is 35.5. The Labute approximate surface area is 298 Å². The Balaban J connectivity index is 0.867. The van der Waals surface area contributed by atoms with Crippen LogP contribution in [0.5, 0.6) is 5.75 Å². The summed E-state index contributed by atoms with van der Waals surface area (Å²) in [7, 11) is 0. The Morgan fingerprint density at radius 2 is 1.80 bits per heavy atom. The van der Waals surface area contributed by atoms with E-state index in [1.165, 1.54) is 11.0 Å². The van der Waals surface area contributed by atoms with Crippen LogP contribution in [0.3, 0.4) is 0 Å². The van der Waals surface area contributed by atoms with E-state index in [9.17, 15) is 19.2 Å². The maximum absolute atomic E-state index is 15.2. The maximum Gasteiger partial charge on any atom is 0.272 e. The average molecular weight is 715 g/mol. The second-order valence-corrected chi connectivity index (χ2v) is 13.8. The fourth-order valence-electron chi connectivity index (χ4n) is 7.26. The van der Waals surface area contributed by atoms with E-state index in [4.69, 9.17) is 21.6 Å². The number of nitrogens with zero attached hydrogens (tertiary/aromatic N) is 6. The molecule has 0 spiro atoms. The SMILES string of the molecule is N#Cc1ccc(OC2CCC(NC(=O)c3ccc(N4CCN(Cc5cc(F)c6c(c5)CN(C5CCC(=O)NC5=O)C6=O)CC4)nn3)CC2)cc1Cl. The van der Waals surface area contributed by atoms with E-state index in [2.05, 4.69) is 30.6 Å². The van der Waals surface area contributed by atoms with Gasteiger partial charge in [0, 0.05) is 57.8 Å². The molecule has 1 atom stereocenters. The number of anilines is 1. The molecular formula is C36H36ClFN8O5. The molecule has 51 heavy (non-hydrogen) atoms. The molecule has 1 aromatic heterocycles. The lowest BCUT2D eigenvalue weighted by Gasteiger charge is -2.35. The molecule has 1 unspecified atom stereocenters. The number of carbonyl (C=O) groups is 4. The van der Waals surface area contributed by atoms with Gasteiger partial charge in [-0.05, 0) is 73.6 Å². The van der Waals surface area contributed by atoms with Crippen molar-refractivity contribution in [1.29, 1.82) is 5.26 Å². The lowest BCUT2D eigenvalue weighted by atomic mass is 9.93. The van der Waals surface area contributed by atoms with Crippen LogP contribution in [-0.2, 0) is 22.7 Å². The Kier molecular flexibility index (Phi) is 9.84. The van der Waals surface area contributed by atoms with Gasteiger partial charge >= 0.3 is 0 Å². The van der Waals surface area contributed by atoms with Gasteiger partial charge < -0.3 is 19.9 Å². The Bertz CT molecular complexity index is 1900. The van der Waals surface area contributed by atoms with Gasteiger partial charge in [0.05, 0.1) is 22.3 Å². The molecule has 1 saturated carbocycles. The lowest BCUT2D eigenvalue weighted by Crippen LogP contribution is -2.52. The number of imide groups is 1. The van der Waals surface area contributed by atoms with Crippen LogP contribution in [0.1, 0.15) is 76.1 Å². The monoisotopic (exact) mass is 714 g/mol. The van der Waals surface area contributed by atoms with Crippen LogP contribution in [0.15, 0.2) is 42.5 Å². The van der Waals surface area contributed by atoms with E-state index in [0.29, 0.717) is 60.4 Å². The molecule has 4 amide bonds. The molecule has 3 aliphatic heterocycles. The molecule has 7 rings (SSSR count). The Morgan fingerprint density at radius 1 is 1.02 bits per heavy atom. The van der Waals surface area contributed by atoms with Gasteiger partial charge in [-0.1, -0.05) is 17.7 Å². The summed E-state index contributed by atoms with van der Waals surface area (Å²) in [5.41, 5.74) is 1.93. The van der Waals surface area contributed by atoms with Crippen molar-refractivity contribution in [2.75, 3.05) is 31.1 Å². The zero-order chi connectivity index (χ0) is 35.6. The molecule has 264 valence electrons. The number of rotatable bonds is 8. The third kappa shape index (κ3) is 7.50. The standard InChI is InChI=1S/C36H36ClFN8O5/c37-27-17-26(4-1-22(27)18-39)51-25-5-2-24(3-6-25)40-34(48)29-7-9-31(43-42-29)45-13-11-44(12-14-45)19-21-15-23-20-46(36(50)33(23)28(38)16-21)30-8-10-32(47)41-35(30)49/h1,4,7,9,15-17,24-25,30H,2-3,5-6,8,10-14,19-20H2,(H,40,48)(H,41,47,49). The smallest absolute Gasteiger partial charge is 0.272 e. The Hall–Kier alpha value is -5.13. The van der Waals surface area contributed by atoms with Crippen molar-refractivity contribution in [3.63, 3.8) is 0 Å². The van der Waals surface area contributed by atoms with Gasteiger partial charge in [-0.25, -0.2) is 4.39 Å². The number of piperazine rings is 1. The highest BCUT2D eigenvalue weighted by molar-refractivity contribution is 6.31. The second-order valence-electron chi connectivity index (χ2n) is 13.4. The van der Waals surface area contributed by atoms with Gasteiger partial charge in [-0.15, -0.1) is 10.2 Å². The van der Waals surface area contributed by atoms with Gasteiger partial charge in [-0.2, -0.15) is 5.26 Å². The number of carbonyl (C=O) groups excluding carboxylic acids is 4. The van der Waals surface area contributed by atoms with Gasteiger partial charge in [0.1, 0.15) is 23.7 Å². The quantitative estimate of drug-likeness (QED) is 0.331. The first-order valence-corrected chi connectivity index (χ1v) is 17.5. The number of piperidine rings is 1. The van der Waals surface area contributed by atoms with Crippen LogP contribution in [0.2, 0.25) is 5.02 Å². The summed E-state index contributed by atoms with van der Waals surface area (Å²) < 4.78 is 21.2. The summed E-state index contributed by atoms with van der Waals surface area (Å²) in [5, 5.41) is 23.3. The van der Waals surface area contributed by atoms with Crippen molar-refractivity contribution in [1.82, 2.24) is 30.6 Å². The molecule has 0 bridgehead atoms. The largest absolute Gasteiger partial charge is 0.490 e. The van der Waals surface area contributed by atoms with Crippen molar-refractivity contribution in [3.8, 4) is 11.8 Å². The second kappa shape index (κ2) is 14.6. The van der Waals surface area contributed by atoms with Crippen molar-refractivity contribution in [2.24, 2.45) is 0 Å². The average Bonchev–Trinajstić information content (AvgIpc) is 3.45. The van der Waals surface area contributed by atoms with Crippen LogP contribution in [0.4, 0.5) is 10.2 Å². The minimum atomic E-state index is -0.792. The van der Waals surface area contributed by atoms with E-state index in [-0.39, 0.29) is 54.6 Å². The van der Waals surface area contributed by atoms with Crippen molar-refractivity contribution >= 4 is 41.0 Å². The van der Waals surface area contributed by atoms with Crippen LogP contribution < -0.4 is 20.3 Å². The zero-order valence-electron chi connectivity index (χ0n) is 27.7. The summed E-state index contributed by atoms with van der Waals surface area (Å²) in [5.74, 6) is -1.00. The number of hydrogen-bond acceptors (Lipinski definition) is 10. The molecule has 2 aromatic carbocycles. The van der Waals surface area contributed by atoms with Gasteiger partial charge in [-0.3, -0.25) is 29.4 Å². The van der Waals surface area contributed by atoms with Crippen molar-refractivity contribution in [3.05, 3.63) is 81.3 Å². The third-order valence-electron chi connectivity index (χ3n) is 9.99. The van der Waals surface area contributed by atoms with Crippen LogP contribution in [0, 0.1) is 17.1 Å². The summed E-state index contributed by atoms with van der Waals surface area (Å²) in [6.07, 6.45) is 3.41. The first-order valence-electron chi connectivity index (χ1n) is 17.1. The first-order chi connectivity index (χ1) is 24.6. The first kappa shape index (κ1) is 34.3. The normalized spacial score (nSPS) is 22.3. The van der Waals surface area contributed by atoms with Gasteiger partial charge in [0.25, 0.3) is 11.8 Å². The van der Waals surface area contributed by atoms with E-state index in [1.54, 1.807) is 30.3 Å². The summed E-state index contributed by atoms with van der Waals surface area (Å²) in [4.78, 5) is 55.5. The van der Waals surface area contributed by atoms with E-state index < -0.39 is 23.7 Å². The minimum absolute atomic E-state index is 0.000218. The highest BCUT2D eigenvalue weighted by Crippen LogP contribution is 2.31. The number of hydrogen-bond donors (Lipinski definition) is 2. The molecule has 2 saturated heterocycles. The molecule has 13 nitrogen and oxygen atoms in total. The minimum Gasteiger partial charge on any atom is -0.490 e. The number of aromatic nitrogens is 2. The fourth-order valence-corrected chi connectivity index (χ4v) is 7.47. The molecule has 4 aliphatic rings.